The summed E-state index contributed by atoms with van der Waals surface area (Å²) in [6, 6.07) is 5.78. The summed E-state index contributed by atoms with van der Waals surface area (Å²) in [5, 5.41) is 7.84. The number of hydrogen-bond acceptors (Lipinski definition) is 4. The molecule has 0 amide bonds. The minimum absolute atomic E-state index is 0.00801. The van der Waals surface area contributed by atoms with Crippen LogP contribution in [0.4, 0.5) is 0 Å². The van der Waals surface area contributed by atoms with Crippen molar-refractivity contribution >= 4 is 15.8 Å². The first-order chi connectivity index (χ1) is 9.34. The van der Waals surface area contributed by atoms with E-state index in [4.69, 9.17) is 4.74 Å². The molecule has 0 saturated carbocycles. The molecule has 2 atom stereocenters. The van der Waals surface area contributed by atoms with Crippen LogP contribution in [0, 0.1) is 5.92 Å². The Balaban J connectivity index is 3.18. The molecule has 112 valence electrons. The highest BCUT2D eigenvalue weighted by atomic mass is 32.2. The maximum Gasteiger partial charge on any atom is 0.322 e. The second-order valence-corrected chi connectivity index (χ2v) is 6.81. The maximum absolute atomic E-state index is 12.5. The summed E-state index contributed by atoms with van der Waals surface area (Å²) in [6.45, 7) is 3.55. The van der Waals surface area contributed by atoms with Gasteiger partial charge in [0.25, 0.3) is 0 Å². The molecule has 0 aliphatic carbocycles. The van der Waals surface area contributed by atoms with Crippen LogP contribution >= 0.6 is 0 Å². The van der Waals surface area contributed by atoms with E-state index in [1.54, 1.807) is 6.92 Å². The number of carboxylic acids is 1. The van der Waals surface area contributed by atoms with E-state index < -0.39 is 27.0 Å². The summed E-state index contributed by atoms with van der Waals surface area (Å²) < 4.78 is 29.9. The monoisotopic (exact) mass is 300 g/mol. The molecule has 0 aromatic heterocycles. The van der Waals surface area contributed by atoms with Crippen LogP contribution in [0.25, 0.3) is 0 Å². The van der Waals surface area contributed by atoms with Gasteiger partial charge in [-0.3, -0.25) is 4.79 Å². The molecule has 0 aliphatic rings. The van der Waals surface area contributed by atoms with Crippen molar-refractivity contribution < 1.29 is 23.1 Å². The van der Waals surface area contributed by atoms with Crippen molar-refractivity contribution in [2.45, 2.75) is 36.8 Å². The zero-order valence-corrected chi connectivity index (χ0v) is 12.7. The summed E-state index contributed by atoms with van der Waals surface area (Å²) in [7, 11) is -2.42. The number of hydrogen-bond donors (Lipinski definition) is 1. The van der Waals surface area contributed by atoms with E-state index in [-0.39, 0.29) is 4.90 Å². The van der Waals surface area contributed by atoms with Crippen molar-refractivity contribution in [2.24, 2.45) is 5.92 Å². The van der Waals surface area contributed by atoms with Crippen LogP contribution in [0.15, 0.2) is 29.2 Å². The molecule has 1 rings (SSSR count). The Morgan fingerprint density at radius 1 is 1.30 bits per heavy atom. The van der Waals surface area contributed by atoms with E-state index in [0.717, 1.165) is 6.42 Å². The normalized spacial score (nSPS) is 14.6. The predicted molar refractivity (Wildman–Crippen MR) is 75.7 cm³/mol. The number of sulfone groups is 1. The van der Waals surface area contributed by atoms with Gasteiger partial charge >= 0.3 is 5.97 Å². The Bertz CT molecular complexity index is 547. The Hall–Kier alpha value is -1.56. The zero-order valence-electron chi connectivity index (χ0n) is 11.9. The molecular weight excluding hydrogens is 280 g/mol. The first kappa shape index (κ1) is 16.5. The number of ether oxygens (including phenoxy) is 1. The van der Waals surface area contributed by atoms with Crippen molar-refractivity contribution in [1.82, 2.24) is 0 Å². The highest BCUT2D eigenvalue weighted by molar-refractivity contribution is 7.92. The summed E-state index contributed by atoms with van der Waals surface area (Å²) in [5.41, 5.74) is 0. The van der Waals surface area contributed by atoms with Crippen LogP contribution < -0.4 is 4.74 Å². The lowest BCUT2D eigenvalue weighted by Crippen LogP contribution is -2.36. The van der Waals surface area contributed by atoms with Gasteiger partial charge in [-0.1, -0.05) is 20.3 Å². The lowest BCUT2D eigenvalue weighted by Gasteiger charge is -2.20. The first-order valence-corrected chi connectivity index (χ1v) is 8.00. The van der Waals surface area contributed by atoms with Crippen molar-refractivity contribution in [3.8, 4) is 5.75 Å². The highest BCUT2D eigenvalue weighted by Crippen LogP contribution is 2.26. The lowest BCUT2D eigenvalue weighted by atomic mass is 10.0. The quantitative estimate of drug-likeness (QED) is 0.836. The van der Waals surface area contributed by atoms with Gasteiger partial charge in [0.1, 0.15) is 5.75 Å². The van der Waals surface area contributed by atoms with E-state index in [2.05, 4.69) is 0 Å². The minimum Gasteiger partial charge on any atom is -0.497 e. The van der Waals surface area contributed by atoms with Gasteiger partial charge < -0.3 is 9.84 Å². The fourth-order valence-corrected chi connectivity index (χ4v) is 4.02. The molecule has 0 radical (unpaired) electrons. The topological polar surface area (TPSA) is 80.7 Å². The van der Waals surface area contributed by atoms with Gasteiger partial charge in [0.05, 0.1) is 12.0 Å². The largest absolute Gasteiger partial charge is 0.497 e. The van der Waals surface area contributed by atoms with Crippen molar-refractivity contribution in [3.63, 3.8) is 0 Å². The molecular formula is C14H20O5S. The maximum atomic E-state index is 12.5. The SMILES string of the molecule is CCCC(C)C(C(=O)O)S(=O)(=O)c1ccc(OC)cc1. The highest BCUT2D eigenvalue weighted by Gasteiger charge is 2.38. The number of methoxy groups -OCH3 is 1. The molecule has 1 N–H and O–H groups in total. The predicted octanol–water partition coefficient (Wildman–Crippen LogP) is 2.36. The third-order valence-electron chi connectivity index (χ3n) is 3.23. The Morgan fingerprint density at radius 2 is 1.85 bits per heavy atom. The molecule has 0 bridgehead atoms. The number of carbonyl (C=O) groups is 1. The van der Waals surface area contributed by atoms with Gasteiger partial charge in [-0.25, -0.2) is 8.42 Å². The van der Waals surface area contributed by atoms with Crippen molar-refractivity contribution in [2.75, 3.05) is 7.11 Å². The van der Waals surface area contributed by atoms with Gasteiger partial charge in [-0.15, -0.1) is 0 Å². The van der Waals surface area contributed by atoms with Gasteiger partial charge in [-0.2, -0.15) is 0 Å². The minimum atomic E-state index is -3.90. The van der Waals surface area contributed by atoms with Crippen molar-refractivity contribution in [1.29, 1.82) is 0 Å². The molecule has 2 unspecified atom stereocenters. The third-order valence-corrected chi connectivity index (χ3v) is 5.49. The van der Waals surface area contributed by atoms with Crippen molar-refractivity contribution in [3.05, 3.63) is 24.3 Å². The molecule has 0 spiro atoms. The smallest absolute Gasteiger partial charge is 0.322 e. The van der Waals surface area contributed by atoms with E-state index in [0.29, 0.717) is 12.2 Å². The van der Waals surface area contributed by atoms with Crippen LogP contribution in [-0.2, 0) is 14.6 Å². The fraction of sp³-hybridized carbons (Fsp3) is 0.500. The van der Waals surface area contributed by atoms with Gasteiger partial charge in [0, 0.05) is 0 Å². The molecule has 0 aliphatic heterocycles. The molecule has 1 aromatic carbocycles. The van der Waals surface area contributed by atoms with Crippen LogP contribution in [0.5, 0.6) is 5.75 Å². The van der Waals surface area contributed by atoms with Crippen LogP contribution in [0.3, 0.4) is 0 Å². The van der Waals surface area contributed by atoms with Crippen LogP contribution in [-0.4, -0.2) is 31.9 Å². The summed E-state index contributed by atoms with van der Waals surface area (Å²) in [5.74, 6) is -1.22. The van der Waals surface area contributed by atoms with Gasteiger partial charge in [0.2, 0.25) is 0 Å². The Kier molecular flexibility index (Phi) is 5.56. The number of carboxylic acid groups (broad SMARTS) is 1. The number of benzene rings is 1. The van der Waals surface area contributed by atoms with Crippen LogP contribution in [0.1, 0.15) is 26.7 Å². The molecule has 0 saturated heterocycles. The number of aliphatic carboxylic acids is 1. The summed E-state index contributed by atoms with van der Waals surface area (Å²) in [6.07, 6.45) is 1.29. The summed E-state index contributed by atoms with van der Waals surface area (Å²) in [4.78, 5) is 11.4. The second-order valence-electron chi connectivity index (χ2n) is 4.75. The molecule has 20 heavy (non-hydrogen) atoms. The fourth-order valence-electron chi connectivity index (χ4n) is 2.20. The molecule has 1 aromatic rings. The average molecular weight is 300 g/mol. The Morgan fingerprint density at radius 3 is 2.25 bits per heavy atom. The third kappa shape index (κ3) is 3.50. The Labute approximate surface area is 119 Å². The zero-order chi connectivity index (χ0) is 15.3. The average Bonchev–Trinajstić information content (AvgIpc) is 2.38. The molecule has 5 nitrogen and oxygen atoms in total. The van der Waals surface area contributed by atoms with E-state index >= 15 is 0 Å². The number of rotatable bonds is 7. The molecule has 0 fully saturated rings. The molecule has 6 heteroatoms. The van der Waals surface area contributed by atoms with Gasteiger partial charge in [-0.05, 0) is 36.6 Å². The lowest BCUT2D eigenvalue weighted by molar-refractivity contribution is -0.137. The van der Waals surface area contributed by atoms with Crippen LogP contribution in [0.2, 0.25) is 0 Å². The van der Waals surface area contributed by atoms with E-state index in [9.17, 15) is 18.3 Å². The van der Waals surface area contributed by atoms with E-state index in [1.165, 1.54) is 31.4 Å². The first-order valence-electron chi connectivity index (χ1n) is 6.45. The van der Waals surface area contributed by atoms with E-state index in [1.807, 2.05) is 6.92 Å². The summed E-state index contributed by atoms with van der Waals surface area (Å²) >= 11 is 0. The molecule has 0 heterocycles. The van der Waals surface area contributed by atoms with Gasteiger partial charge in [0.15, 0.2) is 15.1 Å². The second kappa shape index (κ2) is 6.74. The standard InChI is InChI=1S/C14H20O5S/c1-4-5-10(2)13(14(15)16)20(17,18)12-8-6-11(19-3)7-9-12/h6-10,13H,4-5H2,1-3H3,(H,15,16).